The van der Waals surface area contributed by atoms with Gasteiger partial charge < -0.3 is 11.1 Å². The van der Waals surface area contributed by atoms with E-state index in [0.29, 0.717) is 6.04 Å². The standard InChI is InChI=1S/C12H14N2S/c1-9(12-3-2-8-15-12)14-11-6-4-10(13)5-7-11/h2-9,14H,13H2,1H3. The Morgan fingerprint density at radius 1 is 1.20 bits per heavy atom. The van der Waals surface area contributed by atoms with Gasteiger partial charge in [0.05, 0.1) is 6.04 Å². The molecular weight excluding hydrogens is 204 g/mol. The van der Waals surface area contributed by atoms with Crippen molar-refractivity contribution in [1.82, 2.24) is 0 Å². The Kier molecular flexibility index (Phi) is 2.92. The number of nitrogen functional groups attached to an aromatic ring is 1. The molecule has 0 spiro atoms. The molecule has 15 heavy (non-hydrogen) atoms. The lowest BCUT2D eigenvalue weighted by atomic mass is 10.2. The van der Waals surface area contributed by atoms with E-state index < -0.39 is 0 Å². The Morgan fingerprint density at radius 2 is 1.93 bits per heavy atom. The van der Waals surface area contributed by atoms with Gasteiger partial charge in [0, 0.05) is 16.3 Å². The third kappa shape index (κ3) is 2.50. The summed E-state index contributed by atoms with van der Waals surface area (Å²) in [6, 6.07) is 12.4. The Labute approximate surface area is 93.7 Å². The van der Waals surface area contributed by atoms with Gasteiger partial charge in [0.15, 0.2) is 0 Å². The third-order valence-electron chi connectivity index (χ3n) is 2.26. The highest BCUT2D eigenvalue weighted by atomic mass is 32.1. The lowest BCUT2D eigenvalue weighted by molar-refractivity contribution is 0.908. The van der Waals surface area contributed by atoms with Crippen molar-refractivity contribution in [3.8, 4) is 0 Å². The topological polar surface area (TPSA) is 38.0 Å². The number of thiophene rings is 1. The maximum atomic E-state index is 5.63. The molecule has 3 N–H and O–H groups in total. The summed E-state index contributed by atoms with van der Waals surface area (Å²) in [5.41, 5.74) is 7.52. The molecule has 1 unspecified atom stereocenters. The molecule has 1 heterocycles. The van der Waals surface area contributed by atoms with Gasteiger partial charge in [-0.05, 0) is 42.6 Å². The highest BCUT2D eigenvalue weighted by molar-refractivity contribution is 7.10. The van der Waals surface area contributed by atoms with Gasteiger partial charge in [0.2, 0.25) is 0 Å². The SMILES string of the molecule is CC(Nc1ccc(N)cc1)c1cccs1. The maximum absolute atomic E-state index is 5.63. The van der Waals surface area contributed by atoms with E-state index in [1.807, 2.05) is 24.3 Å². The fourth-order valence-corrected chi connectivity index (χ4v) is 2.17. The number of hydrogen-bond donors (Lipinski definition) is 2. The molecule has 1 aromatic heterocycles. The van der Waals surface area contributed by atoms with Crippen LogP contribution >= 0.6 is 11.3 Å². The minimum atomic E-state index is 0.341. The molecule has 3 heteroatoms. The summed E-state index contributed by atoms with van der Waals surface area (Å²) in [5, 5.41) is 5.52. The van der Waals surface area contributed by atoms with Crippen LogP contribution in [0.5, 0.6) is 0 Å². The molecule has 0 saturated carbocycles. The van der Waals surface area contributed by atoms with Crippen LogP contribution in [-0.4, -0.2) is 0 Å². The zero-order valence-corrected chi connectivity index (χ0v) is 9.42. The minimum absolute atomic E-state index is 0.341. The summed E-state index contributed by atoms with van der Waals surface area (Å²) < 4.78 is 0. The van der Waals surface area contributed by atoms with Crippen LogP contribution in [0.4, 0.5) is 11.4 Å². The molecule has 0 aliphatic rings. The third-order valence-corrected chi connectivity index (χ3v) is 3.32. The summed E-state index contributed by atoms with van der Waals surface area (Å²) in [6.07, 6.45) is 0. The largest absolute Gasteiger partial charge is 0.399 e. The van der Waals surface area contributed by atoms with Gasteiger partial charge in [0.25, 0.3) is 0 Å². The van der Waals surface area contributed by atoms with Crippen molar-refractivity contribution in [2.45, 2.75) is 13.0 Å². The van der Waals surface area contributed by atoms with Crippen LogP contribution in [0.3, 0.4) is 0 Å². The smallest absolute Gasteiger partial charge is 0.0578 e. The quantitative estimate of drug-likeness (QED) is 0.774. The Bertz CT molecular complexity index is 406. The van der Waals surface area contributed by atoms with Crippen LogP contribution in [0, 0.1) is 0 Å². The zero-order chi connectivity index (χ0) is 10.7. The normalized spacial score (nSPS) is 12.3. The van der Waals surface area contributed by atoms with E-state index in [-0.39, 0.29) is 0 Å². The highest BCUT2D eigenvalue weighted by Gasteiger charge is 2.05. The first kappa shape index (κ1) is 10.1. The number of rotatable bonds is 3. The van der Waals surface area contributed by atoms with E-state index in [1.54, 1.807) is 11.3 Å². The summed E-state index contributed by atoms with van der Waals surface area (Å²) >= 11 is 1.77. The summed E-state index contributed by atoms with van der Waals surface area (Å²) in [6.45, 7) is 2.15. The van der Waals surface area contributed by atoms with E-state index in [2.05, 4.69) is 29.8 Å². The van der Waals surface area contributed by atoms with Crippen molar-refractivity contribution < 1.29 is 0 Å². The van der Waals surface area contributed by atoms with Gasteiger partial charge in [-0.1, -0.05) is 6.07 Å². The molecule has 0 aliphatic carbocycles. The second-order valence-corrected chi connectivity index (χ2v) is 4.48. The molecule has 1 aromatic carbocycles. The summed E-state index contributed by atoms with van der Waals surface area (Å²) in [4.78, 5) is 1.34. The first-order valence-electron chi connectivity index (χ1n) is 4.91. The van der Waals surface area contributed by atoms with E-state index in [4.69, 9.17) is 5.73 Å². The van der Waals surface area contributed by atoms with Crippen LogP contribution < -0.4 is 11.1 Å². The van der Waals surface area contributed by atoms with Gasteiger partial charge in [-0.3, -0.25) is 0 Å². The number of nitrogens with one attached hydrogen (secondary N) is 1. The predicted molar refractivity (Wildman–Crippen MR) is 67.2 cm³/mol. The van der Waals surface area contributed by atoms with Gasteiger partial charge in [-0.15, -0.1) is 11.3 Å². The molecule has 78 valence electrons. The second kappa shape index (κ2) is 4.36. The molecule has 0 amide bonds. The average molecular weight is 218 g/mol. The lowest BCUT2D eigenvalue weighted by Crippen LogP contribution is -2.04. The fourth-order valence-electron chi connectivity index (χ4n) is 1.44. The molecule has 0 bridgehead atoms. The predicted octanol–water partition coefficient (Wildman–Crippen LogP) is 3.50. The van der Waals surface area contributed by atoms with Crippen molar-refractivity contribution in [3.05, 3.63) is 46.7 Å². The van der Waals surface area contributed by atoms with E-state index in [1.165, 1.54) is 4.88 Å². The molecule has 1 atom stereocenters. The lowest BCUT2D eigenvalue weighted by Gasteiger charge is -2.13. The van der Waals surface area contributed by atoms with E-state index in [0.717, 1.165) is 11.4 Å². The van der Waals surface area contributed by atoms with Crippen LogP contribution in [0.2, 0.25) is 0 Å². The van der Waals surface area contributed by atoms with Crippen LogP contribution in [0.1, 0.15) is 17.8 Å². The van der Waals surface area contributed by atoms with E-state index in [9.17, 15) is 0 Å². The Hall–Kier alpha value is -1.48. The molecule has 0 saturated heterocycles. The van der Waals surface area contributed by atoms with Gasteiger partial charge >= 0.3 is 0 Å². The Balaban J connectivity index is 2.06. The molecular formula is C12H14N2S. The number of hydrogen-bond acceptors (Lipinski definition) is 3. The minimum Gasteiger partial charge on any atom is -0.399 e. The molecule has 0 radical (unpaired) electrons. The molecule has 2 rings (SSSR count). The average Bonchev–Trinajstić information content (AvgIpc) is 2.74. The van der Waals surface area contributed by atoms with Gasteiger partial charge in [-0.25, -0.2) is 0 Å². The van der Waals surface area contributed by atoms with Crippen molar-refractivity contribution in [3.63, 3.8) is 0 Å². The van der Waals surface area contributed by atoms with Crippen molar-refractivity contribution in [1.29, 1.82) is 0 Å². The first-order chi connectivity index (χ1) is 7.25. The number of nitrogens with two attached hydrogens (primary N) is 1. The van der Waals surface area contributed by atoms with Crippen LogP contribution in [0.25, 0.3) is 0 Å². The van der Waals surface area contributed by atoms with Crippen molar-refractivity contribution in [2.24, 2.45) is 0 Å². The molecule has 0 aliphatic heterocycles. The molecule has 2 aromatic rings. The summed E-state index contributed by atoms with van der Waals surface area (Å²) in [5.74, 6) is 0. The van der Waals surface area contributed by atoms with Gasteiger partial charge in [0.1, 0.15) is 0 Å². The van der Waals surface area contributed by atoms with E-state index >= 15 is 0 Å². The highest BCUT2D eigenvalue weighted by Crippen LogP contribution is 2.23. The fraction of sp³-hybridized carbons (Fsp3) is 0.167. The summed E-state index contributed by atoms with van der Waals surface area (Å²) in [7, 11) is 0. The number of benzene rings is 1. The monoisotopic (exact) mass is 218 g/mol. The van der Waals surface area contributed by atoms with Crippen molar-refractivity contribution in [2.75, 3.05) is 11.1 Å². The van der Waals surface area contributed by atoms with Gasteiger partial charge in [-0.2, -0.15) is 0 Å². The second-order valence-electron chi connectivity index (χ2n) is 3.50. The van der Waals surface area contributed by atoms with Crippen molar-refractivity contribution >= 4 is 22.7 Å². The van der Waals surface area contributed by atoms with Crippen LogP contribution in [-0.2, 0) is 0 Å². The first-order valence-corrected chi connectivity index (χ1v) is 5.79. The zero-order valence-electron chi connectivity index (χ0n) is 8.60. The number of anilines is 2. The maximum Gasteiger partial charge on any atom is 0.0578 e. The molecule has 2 nitrogen and oxygen atoms in total. The van der Waals surface area contributed by atoms with Crippen LogP contribution in [0.15, 0.2) is 41.8 Å². The molecule has 0 fully saturated rings. The Morgan fingerprint density at radius 3 is 2.53 bits per heavy atom.